The summed E-state index contributed by atoms with van der Waals surface area (Å²) in [6, 6.07) is 1.67. The Kier molecular flexibility index (Phi) is 3.25. The number of ether oxygens (including phenoxy) is 1. The summed E-state index contributed by atoms with van der Waals surface area (Å²) in [4.78, 5) is 14.3. The summed E-state index contributed by atoms with van der Waals surface area (Å²) in [5.74, 6) is -0.283. The molecular weight excluding hydrogens is 170 g/mol. The van der Waals surface area contributed by atoms with Crippen molar-refractivity contribution in [2.24, 2.45) is 0 Å². The van der Waals surface area contributed by atoms with Crippen molar-refractivity contribution in [1.29, 1.82) is 0 Å². The molecule has 70 valence electrons. The van der Waals surface area contributed by atoms with Crippen molar-refractivity contribution in [3.8, 4) is 5.75 Å². The number of aliphatic carboxylic acids is 1. The lowest BCUT2D eigenvalue weighted by Gasteiger charge is -2.06. The molecule has 0 saturated carbocycles. The minimum atomic E-state index is -0.881. The predicted molar refractivity (Wildman–Crippen MR) is 46.7 cm³/mol. The Balaban J connectivity index is 2.84. The third-order valence-electron chi connectivity index (χ3n) is 1.50. The molecule has 4 heteroatoms. The first-order valence-electron chi connectivity index (χ1n) is 4.01. The number of aromatic nitrogens is 1. The fourth-order valence-electron chi connectivity index (χ4n) is 1.01. The van der Waals surface area contributed by atoms with Crippen molar-refractivity contribution in [1.82, 2.24) is 4.98 Å². The van der Waals surface area contributed by atoms with E-state index in [9.17, 15) is 4.79 Å². The maximum Gasteiger partial charge on any atom is 0.308 e. The normalized spacial score (nSPS) is 9.62. The topological polar surface area (TPSA) is 59.4 Å². The molecule has 1 aromatic rings. The third-order valence-corrected chi connectivity index (χ3v) is 1.50. The van der Waals surface area contributed by atoms with Gasteiger partial charge in [-0.2, -0.15) is 0 Å². The molecule has 13 heavy (non-hydrogen) atoms. The lowest BCUT2D eigenvalue weighted by Crippen LogP contribution is -2.04. The second kappa shape index (κ2) is 4.45. The Hall–Kier alpha value is -1.58. The Labute approximate surface area is 76.2 Å². The molecule has 1 rings (SSSR count). The smallest absolute Gasteiger partial charge is 0.308 e. The molecule has 0 spiro atoms. The average molecular weight is 181 g/mol. The summed E-state index contributed by atoms with van der Waals surface area (Å²) in [5.41, 5.74) is 0.608. The predicted octanol–water partition coefficient (Wildman–Crippen LogP) is 1.11. The highest BCUT2D eigenvalue weighted by atomic mass is 16.5. The standard InChI is InChI=1S/C9H11NO3/c1-2-13-8-3-4-10-6-7(8)5-9(11)12/h3-4,6H,2,5H2,1H3,(H,11,12). The summed E-state index contributed by atoms with van der Waals surface area (Å²) in [6.45, 7) is 2.38. The van der Waals surface area contributed by atoms with Crippen LogP contribution < -0.4 is 4.74 Å². The first-order valence-corrected chi connectivity index (χ1v) is 4.01. The molecule has 0 aliphatic heterocycles. The Morgan fingerprint density at radius 1 is 1.69 bits per heavy atom. The molecule has 1 aromatic heterocycles. The van der Waals surface area contributed by atoms with Crippen LogP contribution in [-0.4, -0.2) is 22.7 Å². The van der Waals surface area contributed by atoms with Gasteiger partial charge in [0, 0.05) is 18.0 Å². The van der Waals surface area contributed by atoms with Crippen LogP contribution in [0.25, 0.3) is 0 Å². The average Bonchev–Trinajstić information content (AvgIpc) is 2.08. The summed E-state index contributed by atoms with van der Waals surface area (Å²) in [6.07, 6.45) is 3.04. The Bertz CT molecular complexity index is 299. The maximum atomic E-state index is 10.4. The fraction of sp³-hybridized carbons (Fsp3) is 0.333. The van der Waals surface area contributed by atoms with Gasteiger partial charge in [-0.25, -0.2) is 0 Å². The number of carbonyl (C=O) groups is 1. The highest BCUT2D eigenvalue weighted by Crippen LogP contribution is 2.16. The lowest BCUT2D eigenvalue weighted by atomic mass is 10.2. The van der Waals surface area contributed by atoms with Crippen molar-refractivity contribution in [2.45, 2.75) is 13.3 Å². The SMILES string of the molecule is CCOc1ccncc1CC(=O)O. The minimum absolute atomic E-state index is 0.0524. The second-order valence-electron chi connectivity index (χ2n) is 2.49. The molecular formula is C9H11NO3. The number of pyridine rings is 1. The van der Waals surface area contributed by atoms with Crippen LogP contribution in [0.5, 0.6) is 5.75 Å². The van der Waals surface area contributed by atoms with Gasteiger partial charge in [0.2, 0.25) is 0 Å². The van der Waals surface area contributed by atoms with Crippen molar-refractivity contribution in [3.63, 3.8) is 0 Å². The van der Waals surface area contributed by atoms with Crippen LogP contribution in [0.3, 0.4) is 0 Å². The zero-order valence-corrected chi connectivity index (χ0v) is 7.36. The number of carboxylic acid groups (broad SMARTS) is 1. The van der Waals surface area contributed by atoms with Gasteiger partial charge in [-0.3, -0.25) is 9.78 Å². The van der Waals surface area contributed by atoms with Crippen LogP contribution in [0, 0.1) is 0 Å². The van der Waals surface area contributed by atoms with Crippen LogP contribution in [0.2, 0.25) is 0 Å². The quantitative estimate of drug-likeness (QED) is 0.755. The number of hydrogen-bond donors (Lipinski definition) is 1. The van der Waals surface area contributed by atoms with Gasteiger partial charge in [0.25, 0.3) is 0 Å². The lowest BCUT2D eigenvalue weighted by molar-refractivity contribution is -0.136. The molecule has 1 N–H and O–H groups in total. The van der Waals surface area contributed by atoms with Gasteiger partial charge in [-0.05, 0) is 13.0 Å². The van der Waals surface area contributed by atoms with Crippen LogP contribution in [0.15, 0.2) is 18.5 Å². The van der Waals surface area contributed by atoms with Crippen molar-refractivity contribution >= 4 is 5.97 Å². The van der Waals surface area contributed by atoms with Gasteiger partial charge in [0.05, 0.1) is 13.0 Å². The van der Waals surface area contributed by atoms with Crippen LogP contribution in [-0.2, 0) is 11.2 Å². The molecule has 0 radical (unpaired) electrons. The summed E-state index contributed by atoms with van der Waals surface area (Å²) < 4.78 is 5.23. The molecule has 0 fully saturated rings. The van der Waals surface area contributed by atoms with Crippen LogP contribution in [0.4, 0.5) is 0 Å². The summed E-state index contributed by atoms with van der Waals surface area (Å²) >= 11 is 0. The van der Waals surface area contributed by atoms with E-state index in [1.54, 1.807) is 12.3 Å². The molecule has 0 unspecified atom stereocenters. The molecule has 0 aliphatic carbocycles. The highest BCUT2D eigenvalue weighted by Gasteiger charge is 2.06. The molecule has 0 aliphatic rings. The molecule has 0 saturated heterocycles. The van der Waals surface area contributed by atoms with Crippen molar-refractivity contribution in [3.05, 3.63) is 24.0 Å². The molecule has 0 amide bonds. The largest absolute Gasteiger partial charge is 0.493 e. The Morgan fingerprint density at radius 2 is 2.46 bits per heavy atom. The van der Waals surface area contributed by atoms with E-state index < -0.39 is 5.97 Å². The summed E-state index contributed by atoms with van der Waals surface area (Å²) in [5, 5.41) is 8.58. The summed E-state index contributed by atoms with van der Waals surface area (Å²) in [7, 11) is 0. The monoisotopic (exact) mass is 181 g/mol. The van der Waals surface area contributed by atoms with E-state index in [0.717, 1.165) is 0 Å². The Morgan fingerprint density at radius 3 is 3.08 bits per heavy atom. The van der Waals surface area contributed by atoms with Gasteiger partial charge in [-0.1, -0.05) is 0 Å². The third kappa shape index (κ3) is 2.74. The zero-order valence-electron chi connectivity index (χ0n) is 7.36. The number of carboxylic acids is 1. The first kappa shape index (κ1) is 9.51. The van der Waals surface area contributed by atoms with E-state index in [-0.39, 0.29) is 6.42 Å². The van der Waals surface area contributed by atoms with E-state index in [1.807, 2.05) is 6.92 Å². The number of nitrogens with zero attached hydrogens (tertiary/aromatic N) is 1. The van der Waals surface area contributed by atoms with Crippen LogP contribution in [0.1, 0.15) is 12.5 Å². The molecule has 4 nitrogen and oxygen atoms in total. The van der Waals surface area contributed by atoms with Crippen molar-refractivity contribution in [2.75, 3.05) is 6.61 Å². The molecule has 0 aromatic carbocycles. The zero-order chi connectivity index (χ0) is 9.68. The van der Waals surface area contributed by atoms with Gasteiger partial charge in [-0.15, -0.1) is 0 Å². The second-order valence-corrected chi connectivity index (χ2v) is 2.49. The van der Waals surface area contributed by atoms with E-state index in [2.05, 4.69) is 4.98 Å². The minimum Gasteiger partial charge on any atom is -0.493 e. The first-order chi connectivity index (χ1) is 6.24. The van der Waals surface area contributed by atoms with E-state index in [0.29, 0.717) is 17.9 Å². The van der Waals surface area contributed by atoms with E-state index in [1.165, 1.54) is 6.20 Å². The van der Waals surface area contributed by atoms with E-state index in [4.69, 9.17) is 9.84 Å². The molecule has 0 atom stereocenters. The van der Waals surface area contributed by atoms with Crippen LogP contribution >= 0.6 is 0 Å². The number of rotatable bonds is 4. The fourth-order valence-corrected chi connectivity index (χ4v) is 1.01. The van der Waals surface area contributed by atoms with E-state index >= 15 is 0 Å². The number of hydrogen-bond acceptors (Lipinski definition) is 3. The highest BCUT2D eigenvalue weighted by molar-refractivity contribution is 5.71. The van der Waals surface area contributed by atoms with Gasteiger partial charge >= 0.3 is 5.97 Å². The molecule has 0 bridgehead atoms. The van der Waals surface area contributed by atoms with Gasteiger partial charge in [0.15, 0.2) is 0 Å². The van der Waals surface area contributed by atoms with Crippen molar-refractivity contribution < 1.29 is 14.6 Å². The van der Waals surface area contributed by atoms with Gasteiger partial charge in [0.1, 0.15) is 5.75 Å². The van der Waals surface area contributed by atoms with Gasteiger partial charge < -0.3 is 9.84 Å². The maximum absolute atomic E-state index is 10.4. The molecule has 1 heterocycles.